The molecule has 3 aromatic rings. The zero-order chi connectivity index (χ0) is 23.3. The van der Waals surface area contributed by atoms with Gasteiger partial charge in [0.25, 0.3) is 0 Å². The molecule has 172 valence electrons. The highest BCUT2D eigenvalue weighted by Crippen LogP contribution is 2.41. The summed E-state index contributed by atoms with van der Waals surface area (Å²) in [5.41, 5.74) is 1.04. The van der Waals surface area contributed by atoms with Crippen LogP contribution >= 0.6 is 11.5 Å². The van der Waals surface area contributed by atoms with Crippen LogP contribution in [0.1, 0.15) is 32.3 Å². The van der Waals surface area contributed by atoms with Crippen molar-refractivity contribution in [2.75, 3.05) is 14.2 Å². The van der Waals surface area contributed by atoms with Crippen LogP contribution in [0, 0.1) is 0 Å². The molecule has 0 radical (unpaired) electrons. The second-order valence-electron chi connectivity index (χ2n) is 8.17. The predicted octanol–water partition coefficient (Wildman–Crippen LogP) is 5.78. The van der Waals surface area contributed by atoms with E-state index in [0.29, 0.717) is 6.01 Å². The lowest BCUT2D eigenvalue weighted by Gasteiger charge is -2.42. The molecule has 1 aromatic heterocycles. The molecule has 0 spiro atoms. The predicted molar refractivity (Wildman–Crippen MR) is 133 cm³/mol. The van der Waals surface area contributed by atoms with Gasteiger partial charge in [0.2, 0.25) is 0 Å². The number of aromatic nitrogens is 2. The second kappa shape index (κ2) is 9.75. The lowest BCUT2D eigenvalue weighted by atomic mass is 9.76. The SMILES string of the molecule is CCC(CCc1ccc(OC)c(OC)c1)(Oc1nsc(-c2ccccc2)n1)C1(C)C=CC=N1. The molecule has 4 rings (SSSR count). The maximum Gasteiger partial charge on any atom is 0.329 e. The highest BCUT2D eigenvalue weighted by Gasteiger charge is 2.49. The van der Waals surface area contributed by atoms with Crippen LogP contribution in [0.5, 0.6) is 17.5 Å². The number of benzene rings is 2. The van der Waals surface area contributed by atoms with Crippen LogP contribution in [0.2, 0.25) is 0 Å². The number of allylic oxidation sites excluding steroid dienone is 1. The number of rotatable bonds is 10. The largest absolute Gasteiger partial charge is 0.493 e. The van der Waals surface area contributed by atoms with Crippen LogP contribution in [0.25, 0.3) is 10.6 Å². The molecule has 1 aliphatic rings. The zero-order valence-electron chi connectivity index (χ0n) is 19.4. The Labute approximate surface area is 199 Å². The van der Waals surface area contributed by atoms with Crippen molar-refractivity contribution in [3.05, 3.63) is 66.2 Å². The number of hydrogen-bond donors (Lipinski definition) is 0. The summed E-state index contributed by atoms with van der Waals surface area (Å²) >= 11 is 1.35. The van der Waals surface area contributed by atoms with Gasteiger partial charge in [-0.3, -0.25) is 4.99 Å². The summed E-state index contributed by atoms with van der Waals surface area (Å²) in [5.74, 6) is 1.44. The van der Waals surface area contributed by atoms with Gasteiger partial charge in [-0.05, 0) is 61.5 Å². The minimum Gasteiger partial charge on any atom is -0.493 e. The normalized spacial score (nSPS) is 18.8. The molecule has 0 aliphatic carbocycles. The molecule has 6 nitrogen and oxygen atoms in total. The number of aryl methyl sites for hydroxylation is 1. The van der Waals surface area contributed by atoms with Crippen LogP contribution in [-0.2, 0) is 6.42 Å². The molecule has 7 heteroatoms. The molecule has 0 bridgehead atoms. The van der Waals surface area contributed by atoms with E-state index < -0.39 is 11.1 Å². The van der Waals surface area contributed by atoms with Crippen molar-refractivity contribution in [2.24, 2.45) is 4.99 Å². The molecule has 2 atom stereocenters. The Hall–Kier alpha value is -3.19. The monoisotopic (exact) mass is 463 g/mol. The van der Waals surface area contributed by atoms with Crippen LogP contribution in [0.3, 0.4) is 0 Å². The summed E-state index contributed by atoms with van der Waals surface area (Å²) < 4.78 is 22.0. The summed E-state index contributed by atoms with van der Waals surface area (Å²) in [4.78, 5) is 9.48. The van der Waals surface area contributed by atoms with E-state index in [1.165, 1.54) is 11.5 Å². The maximum atomic E-state index is 6.63. The Bertz CT molecular complexity index is 1130. The van der Waals surface area contributed by atoms with Crippen LogP contribution in [0.15, 0.2) is 65.7 Å². The van der Waals surface area contributed by atoms with Gasteiger partial charge < -0.3 is 14.2 Å². The van der Waals surface area contributed by atoms with Gasteiger partial charge in [0, 0.05) is 11.8 Å². The lowest BCUT2D eigenvalue weighted by molar-refractivity contribution is 0.000228. The van der Waals surface area contributed by atoms with Crippen molar-refractivity contribution in [3.63, 3.8) is 0 Å². The summed E-state index contributed by atoms with van der Waals surface area (Å²) in [5, 5.41) is 0.839. The van der Waals surface area contributed by atoms with Crippen LogP contribution in [-0.4, -0.2) is 40.9 Å². The molecule has 2 aromatic carbocycles. The Morgan fingerprint density at radius 2 is 1.82 bits per heavy atom. The third kappa shape index (κ3) is 4.64. The Morgan fingerprint density at radius 1 is 1.03 bits per heavy atom. The Morgan fingerprint density at radius 3 is 2.48 bits per heavy atom. The van der Waals surface area contributed by atoms with Crippen molar-refractivity contribution in [1.82, 2.24) is 9.36 Å². The third-order valence-electron chi connectivity index (χ3n) is 6.32. The summed E-state index contributed by atoms with van der Waals surface area (Å²) in [6, 6.07) is 16.4. The molecule has 33 heavy (non-hydrogen) atoms. The standard InChI is InChI=1S/C26H29N3O3S/c1-5-26(25(2)15-9-17-27-25,16-14-19-12-13-21(30-3)22(18-19)31-4)32-24-28-23(33-29-24)20-10-7-6-8-11-20/h6-13,15,17-18H,5,14,16H2,1-4H3. The van der Waals surface area contributed by atoms with Crippen molar-refractivity contribution < 1.29 is 14.2 Å². The van der Waals surface area contributed by atoms with E-state index in [0.717, 1.165) is 46.9 Å². The molecule has 0 saturated carbocycles. The number of ether oxygens (including phenoxy) is 3. The van der Waals surface area contributed by atoms with E-state index >= 15 is 0 Å². The van der Waals surface area contributed by atoms with E-state index in [-0.39, 0.29) is 0 Å². The molecule has 0 saturated heterocycles. The van der Waals surface area contributed by atoms with Crippen molar-refractivity contribution >= 4 is 17.7 Å². The Kier molecular flexibility index (Phi) is 6.79. The van der Waals surface area contributed by atoms with Crippen LogP contribution in [0.4, 0.5) is 0 Å². The van der Waals surface area contributed by atoms with Gasteiger partial charge in [-0.2, -0.15) is 4.98 Å². The first-order chi connectivity index (χ1) is 16.0. The topological polar surface area (TPSA) is 65.8 Å². The summed E-state index contributed by atoms with van der Waals surface area (Å²) in [7, 11) is 3.29. The van der Waals surface area contributed by atoms with Gasteiger partial charge in [0.05, 0.1) is 14.2 Å². The van der Waals surface area contributed by atoms with Gasteiger partial charge in [-0.25, -0.2) is 0 Å². The van der Waals surface area contributed by atoms with Gasteiger partial charge >= 0.3 is 6.01 Å². The highest BCUT2D eigenvalue weighted by atomic mass is 32.1. The van der Waals surface area contributed by atoms with E-state index in [4.69, 9.17) is 24.2 Å². The molecule has 2 heterocycles. The molecule has 0 amide bonds. The average molecular weight is 464 g/mol. The number of nitrogens with zero attached hydrogens (tertiary/aromatic N) is 3. The molecule has 0 N–H and O–H groups in total. The highest BCUT2D eigenvalue weighted by molar-refractivity contribution is 7.09. The van der Waals surface area contributed by atoms with E-state index in [2.05, 4.69) is 30.4 Å². The van der Waals surface area contributed by atoms with Gasteiger partial charge in [0.1, 0.15) is 16.1 Å². The van der Waals surface area contributed by atoms with E-state index in [1.54, 1.807) is 14.2 Å². The minimum atomic E-state index is -0.612. The van der Waals surface area contributed by atoms with Crippen molar-refractivity contribution in [1.29, 1.82) is 0 Å². The number of methoxy groups -OCH3 is 2. The van der Waals surface area contributed by atoms with E-state index in [9.17, 15) is 0 Å². The Balaban J connectivity index is 1.62. The fraction of sp³-hybridized carbons (Fsp3) is 0.346. The molecule has 2 unspecified atom stereocenters. The summed E-state index contributed by atoms with van der Waals surface area (Å²) in [6.45, 7) is 4.24. The summed E-state index contributed by atoms with van der Waals surface area (Å²) in [6.07, 6.45) is 8.19. The number of hydrogen-bond acceptors (Lipinski definition) is 7. The van der Waals surface area contributed by atoms with Crippen molar-refractivity contribution in [3.8, 4) is 28.1 Å². The molecular weight excluding hydrogens is 434 g/mol. The molecular formula is C26H29N3O3S. The maximum absolute atomic E-state index is 6.63. The van der Waals surface area contributed by atoms with E-state index in [1.807, 2.05) is 54.8 Å². The fourth-order valence-electron chi connectivity index (χ4n) is 4.26. The van der Waals surface area contributed by atoms with Gasteiger partial charge in [0.15, 0.2) is 11.5 Å². The first-order valence-electron chi connectivity index (χ1n) is 11.0. The fourth-order valence-corrected chi connectivity index (χ4v) is 4.86. The smallest absolute Gasteiger partial charge is 0.329 e. The third-order valence-corrected chi connectivity index (χ3v) is 7.07. The number of aliphatic imine (C=N–C) groups is 1. The van der Waals surface area contributed by atoms with Crippen molar-refractivity contribution in [2.45, 2.75) is 44.2 Å². The average Bonchev–Trinajstić information content (AvgIpc) is 3.52. The second-order valence-corrected chi connectivity index (χ2v) is 8.92. The quantitative estimate of drug-likeness (QED) is 0.381. The zero-order valence-corrected chi connectivity index (χ0v) is 20.3. The first-order valence-corrected chi connectivity index (χ1v) is 11.8. The molecule has 0 fully saturated rings. The first kappa shape index (κ1) is 23.0. The molecule has 1 aliphatic heterocycles. The minimum absolute atomic E-state index is 0.393. The van der Waals surface area contributed by atoms with Crippen LogP contribution < -0.4 is 14.2 Å². The lowest BCUT2D eigenvalue weighted by Crippen LogP contribution is -2.53. The van der Waals surface area contributed by atoms with Gasteiger partial charge in [-0.1, -0.05) is 49.4 Å². The van der Waals surface area contributed by atoms with Gasteiger partial charge in [-0.15, -0.1) is 4.37 Å².